The maximum Gasteiger partial charge on any atom is 0.180 e. The van der Waals surface area contributed by atoms with Crippen molar-refractivity contribution in [1.82, 2.24) is 9.97 Å². The molecule has 16 heavy (non-hydrogen) atoms. The molecule has 0 saturated carbocycles. The summed E-state index contributed by atoms with van der Waals surface area (Å²) in [5.74, 6) is 0. The van der Waals surface area contributed by atoms with E-state index < -0.39 is 0 Å². The van der Waals surface area contributed by atoms with Crippen LogP contribution in [0.25, 0.3) is 10.9 Å². The predicted molar refractivity (Wildman–Crippen MR) is 67.6 cm³/mol. The summed E-state index contributed by atoms with van der Waals surface area (Å²) in [5, 5.41) is 3.90. The summed E-state index contributed by atoms with van der Waals surface area (Å²) in [6, 6.07) is 8.28. The molecule has 3 aromatic rings. The molecule has 0 fully saturated rings. The Hall–Kier alpha value is -1.81. The molecule has 2 heterocycles. The van der Waals surface area contributed by atoms with Gasteiger partial charge in [-0.2, -0.15) is 0 Å². The molecule has 0 aliphatic rings. The molecule has 3 N–H and O–H groups in total. The van der Waals surface area contributed by atoms with E-state index >= 15 is 0 Å². The summed E-state index contributed by atoms with van der Waals surface area (Å²) >= 11 is 1.49. The monoisotopic (exact) mass is 229 g/mol. The number of nitrogens with zero attached hydrogens (tertiary/aromatic N) is 1. The van der Waals surface area contributed by atoms with Crippen LogP contribution < -0.4 is 5.73 Å². The van der Waals surface area contributed by atoms with Crippen molar-refractivity contribution >= 4 is 27.4 Å². The van der Waals surface area contributed by atoms with E-state index in [1.807, 2.05) is 17.6 Å². The van der Waals surface area contributed by atoms with Gasteiger partial charge in [-0.1, -0.05) is 18.2 Å². The standard InChI is InChI=1S/C12H11N3S/c13-12-15-9(7-16-12)5-8-6-14-11-4-2-1-3-10(8)11/h1-4,6-7,14H,5H2,(H2,13,15). The molecule has 80 valence electrons. The molecule has 0 atom stereocenters. The molecule has 0 aliphatic carbocycles. The largest absolute Gasteiger partial charge is 0.375 e. The maximum absolute atomic E-state index is 5.62. The molecule has 0 saturated heterocycles. The molecule has 3 nitrogen and oxygen atoms in total. The normalized spacial score (nSPS) is 11.0. The van der Waals surface area contributed by atoms with Crippen LogP contribution in [0.2, 0.25) is 0 Å². The van der Waals surface area contributed by atoms with E-state index in [0.717, 1.165) is 12.1 Å². The van der Waals surface area contributed by atoms with Gasteiger partial charge in [-0.05, 0) is 11.6 Å². The Bertz CT molecular complexity index is 624. The summed E-state index contributed by atoms with van der Waals surface area (Å²) in [6.45, 7) is 0. The predicted octanol–water partition coefficient (Wildman–Crippen LogP) is 2.80. The minimum atomic E-state index is 0.634. The molecular formula is C12H11N3S. The molecule has 0 unspecified atom stereocenters. The Morgan fingerprint density at radius 3 is 3.00 bits per heavy atom. The molecule has 1 aromatic carbocycles. The number of thiazole rings is 1. The van der Waals surface area contributed by atoms with Crippen LogP contribution in [0.15, 0.2) is 35.8 Å². The van der Waals surface area contributed by atoms with Gasteiger partial charge < -0.3 is 10.7 Å². The van der Waals surface area contributed by atoms with Crippen LogP contribution in [0.3, 0.4) is 0 Å². The SMILES string of the molecule is Nc1nc(Cc2c[nH]c3ccccc23)cs1. The van der Waals surface area contributed by atoms with E-state index in [2.05, 4.69) is 28.2 Å². The van der Waals surface area contributed by atoms with Crippen LogP contribution >= 0.6 is 11.3 Å². The smallest absolute Gasteiger partial charge is 0.180 e. The first-order chi connectivity index (χ1) is 7.83. The fourth-order valence-electron chi connectivity index (χ4n) is 1.88. The minimum absolute atomic E-state index is 0.634. The van der Waals surface area contributed by atoms with Gasteiger partial charge in [-0.25, -0.2) is 4.98 Å². The average Bonchev–Trinajstić information content (AvgIpc) is 2.87. The molecule has 0 spiro atoms. The Morgan fingerprint density at radius 1 is 1.31 bits per heavy atom. The van der Waals surface area contributed by atoms with Crippen LogP contribution in [0, 0.1) is 0 Å². The number of rotatable bonds is 2. The first-order valence-corrected chi connectivity index (χ1v) is 5.96. The summed E-state index contributed by atoms with van der Waals surface area (Å²) < 4.78 is 0. The number of aromatic nitrogens is 2. The lowest BCUT2D eigenvalue weighted by Gasteiger charge is -1.95. The second-order valence-corrected chi connectivity index (χ2v) is 4.60. The Kier molecular flexibility index (Phi) is 2.15. The number of benzene rings is 1. The quantitative estimate of drug-likeness (QED) is 0.710. The van der Waals surface area contributed by atoms with Crippen LogP contribution in [0.5, 0.6) is 0 Å². The van der Waals surface area contributed by atoms with Crippen LogP contribution in [0.4, 0.5) is 5.13 Å². The maximum atomic E-state index is 5.62. The lowest BCUT2D eigenvalue weighted by Crippen LogP contribution is -1.88. The number of nitrogen functional groups attached to an aromatic ring is 1. The average molecular weight is 229 g/mol. The van der Waals surface area contributed by atoms with Crippen molar-refractivity contribution < 1.29 is 0 Å². The third-order valence-electron chi connectivity index (χ3n) is 2.62. The highest BCUT2D eigenvalue weighted by Crippen LogP contribution is 2.21. The highest BCUT2D eigenvalue weighted by molar-refractivity contribution is 7.13. The summed E-state index contributed by atoms with van der Waals surface area (Å²) in [7, 11) is 0. The molecule has 0 aliphatic heterocycles. The highest BCUT2D eigenvalue weighted by atomic mass is 32.1. The van der Waals surface area contributed by atoms with Gasteiger partial charge in [0, 0.05) is 28.9 Å². The fourth-order valence-corrected chi connectivity index (χ4v) is 2.44. The number of aromatic amines is 1. The van der Waals surface area contributed by atoms with Gasteiger partial charge in [-0.15, -0.1) is 11.3 Å². The van der Waals surface area contributed by atoms with Crippen LogP contribution in [-0.2, 0) is 6.42 Å². The van der Waals surface area contributed by atoms with Gasteiger partial charge in [0.25, 0.3) is 0 Å². The van der Waals surface area contributed by atoms with Gasteiger partial charge in [0.05, 0.1) is 5.69 Å². The molecule has 0 radical (unpaired) electrons. The molecule has 2 aromatic heterocycles. The Morgan fingerprint density at radius 2 is 2.19 bits per heavy atom. The number of fused-ring (bicyclic) bond motifs is 1. The zero-order valence-corrected chi connectivity index (χ0v) is 9.42. The van der Waals surface area contributed by atoms with Crippen molar-refractivity contribution in [2.45, 2.75) is 6.42 Å². The Balaban J connectivity index is 2.00. The van der Waals surface area contributed by atoms with Gasteiger partial charge in [-0.3, -0.25) is 0 Å². The number of nitrogens with two attached hydrogens (primary N) is 1. The van der Waals surface area contributed by atoms with Crippen molar-refractivity contribution in [2.75, 3.05) is 5.73 Å². The van der Waals surface area contributed by atoms with Crippen molar-refractivity contribution in [1.29, 1.82) is 0 Å². The zero-order chi connectivity index (χ0) is 11.0. The molecule has 0 amide bonds. The Labute approximate surface area is 96.9 Å². The fraction of sp³-hybridized carbons (Fsp3) is 0.0833. The number of H-pyrrole nitrogens is 1. The molecule has 3 rings (SSSR count). The van der Waals surface area contributed by atoms with Crippen molar-refractivity contribution in [3.8, 4) is 0 Å². The van der Waals surface area contributed by atoms with E-state index in [0.29, 0.717) is 5.13 Å². The van der Waals surface area contributed by atoms with Crippen LogP contribution in [0.1, 0.15) is 11.3 Å². The topological polar surface area (TPSA) is 54.7 Å². The molecule has 4 heteroatoms. The number of para-hydroxylation sites is 1. The first-order valence-electron chi connectivity index (χ1n) is 5.08. The van der Waals surface area contributed by atoms with Crippen molar-refractivity contribution in [3.05, 3.63) is 47.1 Å². The third kappa shape index (κ3) is 1.57. The summed E-state index contributed by atoms with van der Waals surface area (Å²) in [5.41, 5.74) is 9.09. The van der Waals surface area contributed by atoms with E-state index in [9.17, 15) is 0 Å². The highest BCUT2D eigenvalue weighted by Gasteiger charge is 2.05. The molecular weight excluding hydrogens is 218 g/mol. The number of hydrogen-bond acceptors (Lipinski definition) is 3. The third-order valence-corrected chi connectivity index (χ3v) is 3.34. The zero-order valence-electron chi connectivity index (χ0n) is 8.60. The van der Waals surface area contributed by atoms with E-state index in [4.69, 9.17) is 5.73 Å². The summed E-state index contributed by atoms with van der Waals surface area (Å²) in [4.78, 5) is 7.53. The van der Waals surface area contributed by atoms with Crippen LogP contribution in [-0.4, -0.2) is 9.97 Å². The number of anilines is 1. The van der Waals surface area contributed by atoms with E-state index in [1.54, 1.807) is 0 Å². The summed E-state index contributed by atoms with van der Waals surface area (Å²) in [6.07, 6.45) is 2.87. The first kappa shape index (κ1) is 9.42. The van der Waals surface area contributed by atoms with Crippen molar-refractivity contribution in [3.63, 3.8) is 0 Å². The number of hydrogen-bond donors (Lipinski definition) is 2. The second-order valence-electron chi connectivity index (χ2n) is 3.71. The van der Waals surface area contributed by atoms with Gasteiger partial charge in [0.2, 0.25) is 0 Å². The second kappa shape index (κ2) is 3.64. The molecule has 0 bridgehead atoms. The van der Waals surface area contributed by atoms with Gasteiger partial charge in [0.15, 0.2) is 5.13 Å². The van der Waals surface area contributed by atoms with Gasteiger partial charge >= 0.3 is 0 Å². The van der Waals surface area contributed by atoms with E-state index in [1.165, 1.54) is 27.8 Å². The van der Waals surface area contributed by atoms with E-state index in [-0.39, 0.29) is 0 Å². The lowest BCUT2D eigenvalue weighted by molar-refractivity contribution is 1.12. The van der Waals surface area contributed by atoms with Gasteiger partial charge in [0.1, 0.15) is 0 Å². The number of nitrogens with one attached hydrogen (secondary N) is 1. The lowest BCUT2D eigenvalue weighted by atomic mass is 10.1. The minimum Gasteiger partial charge on any atom is -0.375 e. The van der Waals surface area contributed by atoms with Crippen molar-refractivity contribution in [2.24, 2.45) is 0 Å².